The number of aromatic nitrogens is 1. The van der Waals surface area contributed by atoms with Gasteiger partial charge in [0.2, 0.25) is 0 Å². The summed E-state index contributed by atoms with van der Waals surface area (Å²) < 4.78 is 31.7. The van der Waals surface area contributed by atoms with Gasteiger partial charge in [0.15, 0.2) is 5.75 Å². The monoisotopic (exact) mass is 374 g/mol. The number of halogens is 1. The van der Waals surface area contributed by atoms with Gasteiger partial charge in [0.25, 0.3) is 10.1 Å². The fourth-order valence-corrected chi connectivity index (χ4v) is 2.87. The number of hydrogen-bond acceptors (Lipinski definition) is 4. The first-order valence-corrected chi connectivity index (χ1v) is 6.67. The van der Waals surface area contributed by atoms with Crippen LogP contribution in [0, 0.1) is 3.57 Å². The molecule has 0 spiro atoms. The van der Waals surface area contributed by atoms with Crippen molar-refractivity contribution < 1.29 is 18.1 Å². The Morgan fingerprint density at radius 2 is 2.00 bits per heavy atom. The minimum absolute atomic E-state index is 0. The Balaban J connectivity index is 0.00000144. The van der Waals surface area contributed by atoms with E-state index in [1.54, 1.807) is 22.6 Å². The summed E-state index contributed by atoms with van der Waals surface area (Å²) in [6.07, 6.45) is 1.44. The van der Waals surface area contributed by atoms with E-state index in [1.165, 1.54) is 24.4 Å². The predicted molar refractivity (Wildman–Crippen MR) is 71.7 cm³/mol. The minimum Gasteiger partial charge on any atom is -0.505 e. The number of fused-ring (bicyclic) bond motifs is 1. The van der Waals surface area contributed by atoms with Crippen LogP contribution in [0.3, 0.4) is 0 Å². The number of hydrogen-bond donors (Lipinski definition) is 2. The van der Waals surface area contributed by atoms with Gasteiger partial charge in [-0.05, 0) is 40.8 Å². The van der Waals surface area contributed by atoms with Crippen molar-refractivity contribution in [1.82, 2.24) is 4.98 Å². The van der Waals surface area contributed by atoms with Crippen LogP contribution in [0.5, 0.6) is 5.75 Å². The maximum atomic E-state index is 11.2. The summed E-state index contributed by atoms with van der Waals surface area (Å²) in [7, 11) is -4.32. The van der Waals surface area contributed by atoms with E-state index in [9.17, 15) is 13.5 Å². The first kappa shape index (κ1) is 15.1. The molecule has 0 unspecified atom stereocenters. The number of nitrogens with zero attached hydrogens (tertiary/aromatic N) is 1. The van der Waals surface area contributed by atoms with Crippen LogP contribution in [-0.2, 0) is 10.1 Å². The summed E-state index contributed by atoms with van der Waals surface area (Å²) in [6.45, 7) is 0. The molecule has 17 heavy (non-hydrogen) atoms. The zero-order valence-electron chi connectivity index (χ0n) is 8.75. The molecule has 2 N–H and O–H groups in total. The third-order valence-corrected chi connectivity index (χ3v) is 3.78. The Hall–Kier alpha value is 0.0700. The first-order valence-electron chi connectivity index (χ1n) is 4.15. The van der Waals surface area contributed by atoms with E-state index in [1.807, 2.05) is 0 Å². The molecule has 1 aromatic carbocycles. The van der Waals surface area contributed by atoms with Crippen molar-refractivity contribution in [2.75, 3.05) is 0 Å². The van der Waals surface area contributed by atoms with Crippen LogP contribution < -0.4 is 0 Å². The van der Waals surface area contributed by atoms with Crippen LogP contribution in [0.1, 0.15) is 0 Å². The topological polar surface area (TPSA) is 87.5 Å². The molecule has 0 bridgehead atoms. The summed E-state index contributed by atoms with van der Waals surface area (Å²) in [5, 5.41) is 9.90. The van der Waals surface area contributed by atoms with E-state index in [0.717, 1.165) is 0 Å². The molecule has 0 aliphatic rings. The molecule has 0 saturated heterocycles. The van der Waals surface area contributed by atoms with Gasteiger partial charge in [0, 0.05) is 41.1 Å². The van der Waals surface area contributed by atoms with E-state index >= 15 is 0 Å². The van der Waals surface area contributed by atoms with E-state index in [0.29, 0.717) is 3.57 Å². The molecule has 0 aliphatic heterocycles. The second kappa shape index (κ2) is 5.37. The smallest absolute Gasteiger partial charge is 0.295 e. The van der Waals surface area contributed by atoms with Crippen LogP contribution in [-0.4, -0.2) is 52.6 Å². The Labute approximate surface area is 133 Å². The Bertz CT molecular complexity index is 674. The van der Waals surface area contributed by atoms with Crippen molar-refractivity contribution in [3.05, 3.63) is 28.0 Å². The molecule has 8 heteroatoms. The molecular formula is C9H6INNaO4S. The van der Waals surface area contributed by atoms with Gasteiger partial charge in [-0.15, -0.1) is 0 Å². The largest absolute Gasteiger partial charge is 0.505 e. The molecule has 85 valence electrons. The van der Waals surface area contributed by atoms with Gasteiger partial charge >= 0.3 is 0 Å². The average molecular weight is 374 g/mol. The molecule has 0 fully saturated rings. The fraction of sp³-hybridized carbons (Fsp3) is 0. The molecule has 5 nitrogen and oxygen atoms in total. The van der Waals surface area contributed by atoms with Gasteiger partial charge in [-0.2, -0.15) is 8.42 Å². The molecule has 2 aromatic rings. The minimum atomic E-state index is -4.32. The molecule has 0 aliphatic carbocycles. The Morgan fingerprint density at radius 1 is 1.35 bits per heavy atom. The molecule has 1 aromatic heterocycles. The molecule has 1 heterocycles. The van der Waals surface area contributed by atoms with Gasteiger partial charge in [0.05, 0.1) is 3.57 Å². The second-order valence-corrected chi connectivity index (χ2v) is 5.63. The van der Waals surface area contributed by atoms with E-state index < -0.39 is 10.1 Å². The molecular weight excluding hydrogens is 368 g/mol. The number of benzene rings is 1. The van der Waals surface area contributed by atoms with Crippen molar-refractivity contribution >= 4 is 73.2 Å². The van der Waals surface area contributed by atoms with Gasteiger partial charge < -0.3 is 5.11 Å². The van der Waals surface area contributed by atoms with Crippen LogP contribution in [0.2, 0.25) is 0 Å². The zero-order valence-corrected chi connectivity index (χ0v) is 13.7. The molecule has 0 atom stereocenters. The molecule has 1 radical (unpaired) electrons. The van der Waals surface area contributed by atoms with E-state index in [4.69, 9.17) is 4.55 Å². The number of rotatable bonds is 1. The Kier molecular flexibility index (Phi) is 4.78. The standard InChI is InChI=1S/C9H6INO4S.Na/c10-6-4-7(16(13,14)15)5-2-1-3-11-8(5)9(6)12;/h1-4,12H,(H,13,14,15);. The summed E-state index contributed by atoms with van der Waals surface area (Å²) in [6, 6.07) is 4.21. The van der Waals surface area contributed by atoms with Crippen molar-refractivity contribution in [1.29, 1.82) is 0 Å². The van der Waals surface area contributed by atoms with Crippen molar-refractivity contribution in [2.45, 2.75) is 4.90 Å². The van der Waals surface area contributed by atoms with Gasteiger partial charge in [-0.1, -0.05) is 0 Å². The summed E-state index contributed by atoms with van der Waals surface area (Å²) in [4.78, 5) is 3.63. The Morgan fingerprint density at radius 3 is 2.59 bits per heavy atom. The van der Waals surface area contributed by atoms with Gasteiger partial charge in [-0.25, -0.2) is 0 Å². The van der Waals surface area contributed by atoms with Crippen LogP contribution in [0.15, 0.2) is 29.3 Å². The number of aromatic hydroxyl groups is 1. The number of phenols is 1. The second-order valence-electron chi connectivity index (χ2n) is 3.08. The zero-order chi connectivity index (χ0) is 11.9. The summed E-state index contributed by atoms with van der Waals surface area (Å²) in [5.41, 5.74) is 0.155. The quantitative estimate of drug-likeness (QED) is 0.448. The van der Waals surface area contributed by atoms with Crippen molar-refractivity contribution in [2.24, 2.45) is 0 Å². The third kappa shape index (κ3) is 2.91. The molecule has 0 amide bonds. The summed E-state index contributed by atoms with van der Waals surface area (Å²) >= 11 is 1.77. The SMILES string of the molecule is O=S(=O)(O)c1cc(I)c(O)c2ncccc12.[Na]. The van der Waals surface area contributed by atoms with Crippen LogP contribution in [0.25, 0.3) is 10.9 Å². The molecule has 0 saturated carbocycles. The normalized spacial score (nSPS) is 11.2. The maximum absolute atomic E-state index is 11.2. The average Bonchev–Trinajstić information content (AvgIpc) is 2.22. The maximum Gasteiger partial charge on any atom is 0.295 e. The van der Waals surface area contributed by atoms with Crippen molar-refractivity contribution in [3.63, 3.8) is 0 Å². The van der Waals surface area contributed by atoms with E-state index in [-0.39, 0.29) is 51.1 Å². The van der Waals surface area contributed by atoms with E-state index in [2.05, 4.69) is 4.98 Å². The van der Waals surface area contributed by atoms with Gasteiger partial charge in [-0.3, -0.25) is 9.54 Å². The summed E-state index contributed by atoms with van der Waals surface area (Å²) in [5.74, 6) is -0.0939. The van der Waals surface area contributed by atoms with Crippen LogP contribution >= 0.6 is 22.6 Å². The number of pyridine rings is 1. The van der Waals surface area contributed by atoms with Crippen LogP contribution in [0.4, 0.5) is 0 Å². The predicted octanol–water partition coefficient (Wildman–Crippen LogP) is 1.41. The molecule has 2 rings (SSSR count). The first-order chi connectivity index (χ1) is 7.41. The van der Waals surface area contributed by atoms with Gasteiger partial charge in [0.1, 0.15) is 10.4 Å². The van der Waals surface area contributed by atoms with Crippen molar-refractivity contribution in [3.8, 4) is 5.75 Å². The fourth-order valence-electron chi connectivity index (χ4n) is 1.38. The third-order valence-electron chi connectivity index (χ3n) is 2.06. The number of phenolic OH excluding ortho intramolecular Hbond substituents is 1.